The predicted molar refractivity (Wildman–Crippen MR) is 154 cm³/mol. The zero-order chi connectivity index (χ0) is 32.5. The molecule has 4 saturated carbocycles. The summed E-state index contributed by atoms with van der Waals surface area (Å²) < 4.78 is 22.6. The van der Waals surface area contributed by atoms with Crippen LogP contribution in [0.4, 0.5) is 0 Å². The molecule has 8 unspecified atom stereocenters. The van der Waals surface area contributed by atoms with Gasteiger partial charge < -0.3 is 29.2 Å². The number of hydrogen-bond acceptors (Lipinski definition) is 10. The van der Waals surface area contributed by atoms with E-state index in [1.54, 1.807) is 0 Å². The van der Waals surface area contributed by atoms with E-state index in [1.165, 1.54) is 0 Å². The summed E-state index contributed by atoms with van der Waals surface area (Å²) in [5.41, 5.74) is -4.76. The Bertz CT molecular complexity index is 1240. The Morgan fingerprint density at radius 3 is 1.66 bits per heavy atom. The van der Waals surface area contributed by atoms with E-state index in [-0.39, 0.29) is 48.7 Å². The molecular formula is C33H48O11. The maximum absolute atomic E-state index is 12.6. The van der Waals surface area contributed by atoms with E-state index >= 15 is 0 Å². The van der Waals surface area contributed by atoms with Crippen molar-refractivity contribution < 1.29 is 53.1 Å². The largest absolute Gasteiger partial charge is 0.481 e. The van der Waals surface area contributed by atoms with Crippen molar-refractivity contribution in [3.05, 3.63) is 0 Å². The molecule has 8 rings (SSSR count). The number of esters is 4. The SMILES string of the molecule is CCC(C)(C)C(=O)OC12CC3CC(C(=O)O)(CC(C1)C(=O)O3)C2.CCC(C)(C)C(=O)OC12CC3CC(O)(CC(C1)C(=O)O3)C2. The fourth-order valence-corrected chi connectivity index (χ4v) is 8.40. The summed E-state index contributed by atoms with van der Waals surface area (Å²) in [6.07, 6.45) is 4.51. The molecule has 0 radical (unpaired) electrons. The third-order valence-electron chi connectivity index (χ3n) is 11.4. The van der Waals surface area contributed by atoms with Crippen molar-refractivity contribution in [2.45, 2.75) is 148 Å². The molecular weight excluding hydrogens is 572 g/mol. The van der Waals surface area contributed by atoms with Gasteiger partial charge in [0.25, 0.3) is 0 Å². The third-order valence-corrected chi connectivity index (χ3v) is 11.4. The highest BCUT2D eigenvalue weighted by atomic mass is 16.6. The summed E-state index contributed by atoms with van der Waals surface area (Å²) >= 11 is 0. The topological polar surface area (TPSA) is 163 Å². The zero-order valence-electron chi connectivity index (χ0n) is 26.9. The van der Waals surface area contributed by atoms with E-state index < -0.39 is 51.0 Å². The van der Waals surface area contributed by atoms with Crippen LogP contribution in [0.15, 0.2) is 0 Å². The molecule has 2 N–H and O–H groups in total. The fourth-order valence-electron chi connectivity index (χ4n) is 8.40. The number of rotatable bonds is 7. The Balaban J connectivity index is 0.000000175. The molecule has 8 atom stereocenters. The first-order valence-corrected chi connectivity index (χ1v) is 16.1. The lowest BCUT2D eigenvalue weighted by Gasteiger charge is -2.50. The standard InChI is InChI=1S/C17H24O6.C16H24O5/c1-4-15(2,3)14(21)23-17-6-10-5-16(9-17,13(19)20)7-11(8-17)22-12(10)18;1-4-14(2,3)13(18)21-16-6-10-5-15(19,9-16)7-11(8-16)20-12(10)17/h10-11H,4-9H2,1-3H3,(H,19,20);10-11,19H,4-9H2,1-3H3. The van der Waals surface area contributed by atoms with Gasteiger partial charge in [-0.2, -0.15) is 0 Å². The predicted octanol–water partition coefficient (Wildman–Crippen LogP) is 4.25. The molecule has 8 bridgehead atoms. The van der Waals surface area contributed by atoms with Gasteiger partial charge in [0.15, 0.2) is 0 Å². The van der Waals surface area contributed by atoms with Gasteiger partial charge in [-0.05, 0) is 53.4 Å². The Morgan fingerprint density at radius 2 is 1.18 bits per heavy atom. The molecule has 246 valence electrons. The van der Waals surface area contributed by atoms with Crippen molar-refractivity contribution >= 4 is 29.8 Å². The van der Waals surface area contributed by atoms with Gasteiger partial charge >= 0.3 is 29.8 Å². The maximum Gasteiger partial charge on any atom is 0.312 e. The molecule has 4 saturated heterocycles. The van der Waals surface area contributed by atoms with Crippen LogP contribution < -0.4 is 0 Å². The van der Waals surface area contributed by atoms with Crippen LogP contribution >= 0.6 is 0 Å². The second-order valence-corrected chi connectivity index (χ2v) is 15.9. The number of fused-ring (bicyclic) bond motifs is 2. The van der Waals surface area contributed by atoms with Crippen molar-refractivity contribution in [1.29, 1.82) is 0 Å². The Labute approximate surface area is 258 Å². The van der Waals surface area contributed by atoms with Crippen molar-refractivity contribution in [3.8, 4) is 0 Å². The number of carboxylic acids is 1. The van der Waals surface area contributed by atoms with E-state index in [0.29, 0.717) is 64.2 Å². The molecule has 8 aliphatic rings. The average Bonchev–Trinajstić information content (AvgIpc) is 3.16. The summed E-state index contributed by atoms with van der Waals surface area (Å²) in [7, 11) is 0. The number of hydrogen-bond donors (Lipinski definition) is 2. The number of ether oxygens (including phenoxy) is 4. The lowest BCUT2D eigenvalue weighted by Crippen LogP contribution is -2.57. The van der Waals surface area contributed by atoms with Crippen molar-refractivity contribution in [3.63, 3.8) is 0 Å². The Morgan fingerprint density at radius 1 is 0.727 bits per heavy atom. The first kappa shape index (κ1) is 32.7. The molecule has 11 nitrogen and oxygen atoms in total. The molecule has 4 heterocycles. The second kappa shape index (κ2) is 10.7. The van der Waals surface area contributed by atoms with Gasteiger partial charge in [-0.3, -0.25) is 24.0 Å². The van der Waals surface area contributed by atoms with Crippen LogP contribution in [0.5, 0.6) is 0 Å². The number of carbonyl (C=O) groups excluding carboxylic acids is 4. The number of carboxylic acid groups (broad SMARTS) is 1. The molecule has 4 aliphatic carbocycles. The third kappa shape index (κ3) is 5.85. The van der Waals surface area contributed by atoms with E-state index in [4.69, 9.17) is 18.9 Å². The summed E-state index contributed by atoms with van der Waals surface area (Å²) in [6.45, 7) is 11.2. The minimum atomic E-state index is -1.02. The molecule has 0 aromatic carbocycles. The zero-order valence-corrected chi connectivity index (χ0v) is 26.9. The summed E-state index contributed by atoms with van der Waals surface area (Å²) in [5.74, 6) is -2.93. The van der Waals surface area contributed by atoms with Crippen LogP contribution in [0.3, 0.4) is 0 Å². The summed E-state index contributed by atoms with van der Waals surface area (Å²) in [6, 6.07) is 0. The van der Waals surface area contributed by atoms with Crippen LogP contribution in [0, 0.1) is 28.1 Å². The summed E-state index contributed by atoms with van der Waals surface area (Å²) in [4.78, 5) is 61.1. The maximum atomic E-state index is 12.6. The lowest BCUT2D eigenvalue weighted by atomic mass is 9.57. The average molecular weight is 621 g/mol. The van der Waals surface area contributed by atoms with Gasteiger partial charge in [0, 0.05) is 51.4 Å². The van der Waals surface area contributed by atoms with Gasteiger partial charge in [0.05, 0.1) is 33.7 Å². The van der Waals surface area contributed by atoms with Gasteiger partial charge in [-0.1, -0.05) is 13.8 Å². The highest BCUT2D eigenvalue weighted by molar-refractivity contribution is 5.81. The van der Waals surface area contributed by atoms with Crippen LogP contribution in [0.25, 0.3) is 0 Å². The molecule has 44 heavy (non-hydrogen) atoms. The summed E-state index contributed by atoms with van der Waals surface area (Å²) in [5, 5.41) is 20.5. The Kier molecular flexibility index (Phi) is 7.95. The van der Waals surface area contributed by atoms with Gasteiger partial charge in [-0.25, -0.2) is 0 Å². The van der Waals surface area contributed by atoms with Crippen molar-refractivity contribution in [1.82, 2.24) is 0 Å². The van der Waals surface area contributed by atoms with E-state index in [2.05, 4.69) is 0 Å². The van der Waals surface area contributed by atoms with Crippen LogP contribution in [0.1, 0.15) is 119 Å². The second-order valence-electron chi connectivity index (χ2n) is 15.9. The Hall–Kier alpha value is -2.69. The molecule has 8 fully saturated rings. The van der Waals surface area contributed by atoms with Crippen LogP contribution in [0.2, 0.25) is 0 Å². The van der Waals surface area contributed by atoms with Crippen LogP contribution in [-0.4, -0.2) is 69.1 Å². The molecule has 0 spiro atoms. The molecule has 4 aliphatic heterocycles. The van der Waals surface area contributed by atoms with E-state index in [9.17, 15) is 34.2 Å². The minimum absolute atomic E-state index is 0.247. The quantitative estimate of drug-likeness (QED) is 0.309. The molecule has 11 heteroatoms. The number of aliphatic hydroxyl groups is 1. The lowest BCUT2D eigenvalue weighted by molar-refractivity contribution is -0.202. The molecule has 0 amide bonds. The first-order chi connectivity index (χ1) is 20.3. The van der Waals surface area contributed by atoms with Gasteiger partial charge in [-0.15, -0.1) is 0 Å². The normalized spacial score (nSPS) is 40.2. The fraction of sp³-hybridized carbons (Fsp3) is 0.848. The van der Waals surface area contributed by atoms with Crippen molar-refractivity contribution in [2.24, 2.45) is 28.1 Å². The minimum Gasteiger partial charge on any atom is -0.481 e. The molecule has 0 aromatic heterocycles. The van der Waals surface area contributed by atoms with E-state index in [1.807, 2.05) is 41.5 Å². The highest BCUT2D eigenvalue weighted by Crippen LogP contribution is 2.58. The monoisotopic (exact) mass is 620 g/mol. The number of aliphatic carboxylic acids is 1. The van der Waals surface area contributed by atoms with Gasteiger partial charge in [0.2, 0.25) is 0 Å². The van der Waals surface area contributed by atoms with E-state index in [0.717, 1.165) is 0 Å². The highest BCUT2D eigenvalue weighted by Gasteiger charge is 2.64. The molecule has 0 aromatic rings. The van der Waals surface area contributed by atoms with Crippen LogP contribution in [-0.2, 0) is 42.9 Å². The van der Waals surface area contributed by atoms with Crippen molar-refractivity contribution in [2.75, 3.05) is 0 Å². The smallest absolute Gasteiger partial charge is 0.312 e. The van der Waals surface area contributed by atoms with Gasteiger partial charge in [0.1, 0.15) is 23.4 Å². The first-order valence-electron chi connectivity index (χ1n) is 16.1. The number of carbonyl (C=O) groups is 5.